The molecule has 3 N–H and O–H groups in total. The lowest BCUT2D eigenvalue weighted by Crippen LogP contribution is -2.37. The molecule has 156 valence electrons. The predicted octanol–water partition coefficient (Wildman–Crippen LogP) is 4.44. The van der Waals surface area contributed by atoms with E-state index in [1.807, 2.05) is 37.3 Å². The van der Waals surface area contributed by atoms with Gasteiger partial charge in [-0.3, -0.25) is 4.79 Å². The van der Waals surface area contributed by atoms with Gasteiger partial charge in [-0.1, -0.05) is 36.8 Å². The third-order valence-electron chi connectivity index (χ3n) is 4.84. The van der Waals surface area contributed by atoms with Crippen LogP contribution in [0.3, 0.4) is 0 Å². The van der Waals surface area contributed by atoms with Gasteiger partial charge in [0.2, 0.25) is 5.91 Å². The second-order valence-corrected chi connectivity index (χ2v) is 6.96. The van der Waals surface area contributed by atoms with Gasteiger partial charge < -0.3 is 16.0 Å². The highest BCUT2D eigenvalue weighted by Crippen LogP contribution is 2.27. The van der Waals surface area contributed by atoms with E-state index in [-0.39, 0.29) is 41.6 Å². The molecule has 1 aliphatic rings. The highest BCUT2D eigenvalue weighted by atomic mass is 127. The number of anilines is 1. The molecule has 1 fully saturated rings. The van der Waals surface area contributed by atoms with Crippen molar-refractivity contribution in [1.29, 1.82) is 0 Å². The molecular weight excluding hydrogens is 482 g/mol. The number of rotatable bonds is 7. The van der Waals surface area contributed by atoms with Gasteiger partial charge in [-0.05, 0) is 43.5 Å². The second kappa shape index (κ2) is 11.7. The summed E-state index contributed by atoms with van der Waals surface area (Å²) in [6.07, 6.45) is 3.10. The number of hydrogen-bond acceptors (Lipinski definition) is 2. The van der Waals surface area contributed by atoms with E-state index in [0.29, 0.717) is 31.2 Å². The molecular formula is C22H28FIN4O. The summed E-state index contributed by atoms with van der Waals surface area (Å²) in [6.45, 7) is 3.51. The first-order valence-corrected chi connectivity index (χ1v) is 9.81. The molecule has 0 saturated heterocycles. The zero-order valence-corrected chi connectivity index (χ0v) is 18.9. The maximum absolute atomic E-state index is 13.8. The molecule has 0 aromatic heterocycles. The van der Waals surface area contributed by atoms with Gasteiger partial charge in [0, 0.05) is 30.3 Å². The number of aliphatic imine (C=N–C) groups is 1. The lowest BCUT2D eigenvalue weighted by atomic mass is 9.85. The second-order valence-electron chi connectivity index (χ2n) is 6.96. The fourth-order valence-electron chi connectivity index (χ4n) is 2.99. The Morgan fingerprint density at radius 3 is 2.62 bits per heavy atom. The van der Waals surface area contributed by atoms with Crippen LogP contribution >= 0.6 is 24.0 Å². The molecule has 29 heavy (non-hydrogen) atoms. The van der Waals surface area contributed by atoms with Gasteiger partial charge in [-0.25, -0.2) is 9.38 Å². The summed E-state index contributed by atoms with van der Waals surface area (Å²) in [4.78, 5) is 16.7. The first kappa shape index (κ1) is 23.1. The summed E-state index contributed by atoms with van der Waals surface area (Å²) in [5, 5.41) is 9.31. The van der Waals surface area contributed by atoms with Gasteiger partial charge in [-0.15, -0.1) is 24.0 Å². The molecule has 2 aromatic carbocycles. The normalized spacial score (nSPS) is 13.8. The molecule has 2 aromatic rings. The van der Waals surface area contributed by atoms with Crippen molar-refractivity contribution in [3.8, 4) is 0 Å². The molecule has 1 amide bonds. The molecule has 0 atom stereocenters. The van der Waals surface area contributed by atoms with Crippen molar-refractivity contribution < 1.29 is 9.18 Å². The lowest BCUT2D eigenvalue weighted by Gasteiger charge is -2.24. The lowest BCUT2D eigenvalue weighted by molar-refractivity contribution is -0.122. The summed E-state index contributed by atoms with van der Waals surface area (Å²) in [5.41, 5.74) is 2.39. The minimum atomic E-state index is -0.235. The van der Waals surface area contributed by atoms with Crippen LogP contribution in [-0.4, -0.2) is 18.4 Å². The minimum absolute atomic E-state index is 0. The third kappa shape index (κ3) is 6.99. The molecule has 0 spiro atoms. The van der Waals surface area contributed by atoms with Gasteiger partial charge in [-0.2, -0.15) is 0 Å². The first-order chi connectivity index (χ1) is 13.7. The van der Waals surface area contributed by atoms with E-state index in [2.05, 4.69) is 20.9 Å². The smallest absolute Gasteiger partial charge is 0.227 e. The maximum atomic E-state index is 13.8. The molecule has 5 nitrogen and oxygen atoms in total. The van der Waals surface area contributed by atoms with Crippen molar-refractivity contribution in [3.63, 3.8) is 0 Å². The van der Waals surface area contributed by atoms with Crippen molar-refractivity contribution in [2.75, 3.05) is 11.9 Å². The van der Waals surface area contributed by atoms with Crippen molar-refractivity contribution in [2.24, 2.45) is 10.9 Å². The molecule has 7 heteroatoms. The number of nitrogens with one attached hydrogen (secondary N) is 3. The number of benzene rings is 2. The zero-order valence-electron chi connectivity index (χ0n) is 16.6. The highest BCUT2D eigenvalue weighted by Gasteiger charge is 2.25. The molecule has 1 saturated carbocycles. The number of nitrogens with zero attached hydrogens (tertiary/aromatic N) is 1. The van der Waals surface area contributed by atoms with Crippen LogP contribution in [0.1, 0.15) is 37.3 Å². The minimum Gasteiger partial charge on any atom is -0.357 e. The number of amides is 1. The van der Waals surface area contributed by atoms with Crippen molar-refractivity contribution in [2.45, 2.75) is 39.3 Å². The zero-order chi connectivity index (χ0) is 19.8. The standard InChI is InChI=1S/C22H27FN4O.HI/c1-2-24-22(26-15-18-8-3-4-12-20(18)23)25-14-16-7-5-11-19(13-16)27-21(28)17-9-6-10-17;/h3-5,7-8,11-13,17H,2,6,9-10,14-15H2,1H3,(H,27,28)(H2,24,25,26);1H. The summed E-state index contributed by atoms with van der Waals surface area (Å²) in [5.74, 6) is 0.645. The van der Waals surface area contributed by atoms with Gasteiger partial charge in [0.15, 0.2) is 5.96 Å². The van der Waals surface area contributed by atoms with Gasteiger partial charge in [0.1, 0.15) is 5.82 Å². The largest absolute Gasteiger partial charge is 0.357 e. The van der Waals surface area contributed by atoms with Crippen LogP contribution in [0.5, 0.6) is 0 Å². The topological polar surface area (TPSA) is 65.5 Å². The Kier molecular flexibility index (Phi) is 9.37. The SMILES string of the molecule is CCNC(=NCc1cccc(NC(=O)C2CCC2)c1)NCc1ccccc1F.I. The van der Waals surface area contributed by atoms with Gasteiger partial charge in [0.05, 0.1) is 6.54 Å². The number of halogens is 2. The number of carbonyl (C=O) groups is 1. The fraction of sp³-hybridized carbons (Fsp3) is 0.364. The molecule has 3 rings (SSSR count). The van der Waals surface area contributed by atoms with Crippen molar-refractivity contribution in [1.82, 2.24) is 10.6 Å². The summed E-state index contributed by atoms with van der Waals surface area (Å²) in [6, 6.07) is 14.4. The Morgan fingerprint density at radius 1 is 1.14 bits per heavy atom. The van der Waals surface area contributed by atoms with Crippen LogP contribution in [0, 0.1) is 11.7 Å². The Morgan fingerprint density at radius 2 is 1.93 bits per heavy atom. The van der Waals surface area contributed by atoms with E-state index < -0.39 is 0 Å². The van der Waals surface area contributed by atoms with Crippen LogP contribution in [0.4, 0.5) is 10.1 Å². The molecule has 0 heterocycles. The number of guanidine groups is 1. The maximum Gasteiger partial charge on any atom is 0.227 e. The Bertz CT molecular complexity index is 839. The van der Waals surface area contributed by atoms with Crippen LogP contribution in [-0.2, 0) is 17.9 Å². The van der Waals surface area contributed by atoms with E-state index in [1.54, 1.807) is 12.1 Å². The van der Waals surface area contributed by atoms with Crippen LogP contribution < -0.4 is 16.0 Å². The molecule has 0 unspecified atom stereocenters. The van der Waals surface area contributed by atoms with Crippen LogP contribution in [0.25, 0.3) is 0 Å². The van der Waals surface area contributed by atoms with E-state index in [0.717, 1.165) is 30.5 Å². The van der Waals surface area contributed by atoms with Crippen molar-refractivity contribution in [3.05, 3.63) is 65.5 Å². The summed E-state index contributed by atoms with van der Waals surface area (Å²) in [7, 11) is 0. The average molecular weight is 510 g/mol. The quantitative estimate of drug-likeness (QED) is 0.293. The van der Waals surface area contributed by atoms with E-state index in [1.165, 1.54) is 6.07 Å². The van der Waals surface area contributed by atoms with E-state index in [9.17, 15) is 9.18 Å². The Labute approximate surface area is 188 Å². The molecule has 0 radical (unpaired) electrons. The number of carbonyl (C=O) groups excluding carboxylic acids is 1. The number of hydrogen-bond donors (Lipinski definition) is 3. The third-order valence-corrected chi connectivity index (χ3v) is 4.84. The average Bonchev–Trinajstić information content (AvgIpc) is 2.64. The monoisotopic (exact) mass is 510 g/mol. The Hall–Kier alpha value is -2.16. The van der Waals surface area contributed by atoms with Crippen LogP contribution in [0.2, 0.25) is 0 Å². The first-order valence-electron chi connectivity index (χ1n) is 9.81. The predicted molar refractivity (Wildman–Crippen MR) is 126 cm³/mol. The molecule has 0 bridgehead atoms. The van der Waals surface area contributed by atoms with E-state index in [4.69, 9.17) is 0 Å². The molecule has 1 aliphatic carbocycles. The highest BCUT2D eigenvalue weighted by molar-refractivity contribution is 14.0. The summed E-state index contributed by atoms with van der Waals surface area (Å²) >= 11 is 0. The Balaban J connectivity index is 0.00000300. The van der Waals surface area contributed by atoms with E-state index >= 15 is 0 Å². The summed E-state index contributed by atoms with van der Waals surface area (Å²) < 4.78 is 13.8. The van der Waals surface area contributed by atoms with Crippen molar-refractivity contribution >= 4 is 41.5 Å². The van der Waals surface area contributed by atoms with Crippen LogP contribution in [0.15, 0.2) is 53.5 Å². The van der Waals surface area contributed by atoms with Gasteiger partial charge >= 0.3 is 0 Å². The van der Waals surface area contributed by atoms with Gasteiger partial charge in [0.25, 0.3) is 0 Å². The fourth-order valence-corrected chi connectivity index (χ4v) is 2.99. The molecule has 0 aliphatic heterocycles.